The normalized spacial score (nSPS) is 23.8. The number of nitrogens with zero attached hydrogens (tertiary/aromatic N) is 1. The molecule has 0 aliphatic heterocycles. The van der Waals surface area contributed by atoms with Gasteiger partial charge < -0.3 is 5.32 Å². The van der Waals surface area contributed by atoms with Crippen molar-refractivity contribution in [2.24, 2.45) is 11.3 Å². The lowest BCUT2D eigenvalue weighted by Gasteiger charge is -2.39. The molecule has 1 heterocycles. The van der Waals surface area contributed by atoms with E-state index in [-0.39, 0.29) is 0 Å². The number of pyridine rings is 1. The smallest absolute Gasteiger partial charge is 0.0270 e. The van der Waals surface area contributed by atoms with E-state index >= 15 is 0 Å². The molecule has 1 aliphatic rings. The van der Waals surface area contributed by atoms with Gasteiger partial charge in [-0.1, -0.05) is 27.2 Å². The van der Waals surface area contributed by atoms with E-state index in [2.05, 4.69) is 43.2 Å². The highest BCUT2D eigenvalue weighted by atomic mass is 14.9. The maximum absolute atomic E-state index is 4.06. The minimum absolute atomic E-state index is 0.530. The molecule has 0 bridgehead atoms. The Balaban J connectivity index is 1.67. The highest BCUT2D eigenvalue weighted by Gasteiger charge is 2.31. The fourth-order valence-electron chi connectivity index (χ4n) is 3.34. The summed E-state index contributed by atoms with van der Waals surface area (Å²) in [5.74, 6) is 0.922. The maximum atomic E-state index is 4.06. The molecule has 20 heavy (non-hydrogen) atoms. The summed E-state index contributed by atoms with van der Waals surface area (Å²) < 4.78 is 0. The molecule has 1 aliphatic carbocycles. The average molecular weight is 274 g/mol. The number of hydrogen-bond donors (Lipinski definition) is 1. The second-order valence-electron chi connectivity index (χ2n) is 6.95. The quantitative estimate of drug-likeness (QED) is 0.840. The number of hydrogen-bond acceptors (Lipinski definition) is 2. The Kier molecular flexibility index (Phi) is 5.59. The van der Waals surface area contributed by atoms with Crippen LogP contribution in [0.4, 0.5) is 0 Å². The predicted molar refractivity (Wildman–Crippen MR) is 85.8 cm³/mol. The topological polar surface area (TPSA) is 24.9 Å². The maximum Gasteiger partial charge on any atom is 0.0270 e. The van der Waals surface area contributed by atoms with Crippen molar-refractivity contribution in [3.63, 3.8) is 0 Å². The van der Waals surface area contributed by atoms with E-state index in [4.69, 9.17) is 0 Å². The van der Waals surface area contributed by atoms with Crippen molar-refractivity contribution in [1.82, 2.24) is 10.3 Å². The van der Waals surface area contributed by atoms with Gasteiger partial charge in [-0.15, -0.1) is 0 Å². The molecule has 1 aromatic heterocycles. The zero-order valence-corrected chi connectivity index (χ0v) is 13.4. The molecule has 112 valence electrons. The molecule has 0 aromatic carbocycles. The molecule has 0 atom stereocenters. The van der Waals surface area contributed by atoms with Gasteiger partial charge >= 0.3 is 0 Å². The molecule has 2 heteroatoms. The van der Waals surface area contributed by atoms with E-state index in [9.17, 15) is 0 Å². The molecule has 0 unspecified atom stereocenters. The number of rotatable bonds is 6. The van der Waals surface area contributed by atoms with Crippen molar-refractivity contribution in [3.05, 3.63) is 30.1 Å². The van der Waals surface area contributed by atoms with Crippen molar-refractivity contribution in [1.29, 1.82) is 0 Å². The van der Waals surface area contributed by atoms with Crippen molar-refractivity contribution < 1.29 is 0 Å². The summed E-state index contributed by atoms with van der Waals surface area (Å²) in [5, 5.41) is 3.74. The Hall–Kier alpha value is -0.890. The van der Waals surface area contributed by atoms with E-state index in [0.717, 1.165) is 24.9 Å². The van der Waals surface area contributed by atoms with Crippen LogP contribution in [-0.4, -0.2) is 17.6 Å². The van der Waals surface area contributed by atoms with E-state index in [1.807, 2.05) is 12.4 Å². The molecule has 2 nitrogen and oxygen atoms in total. The van der Waals surface area contributed by atoms with Crippen molar-refractivity contribution in [3.8, 4) is 0 Å². The van der Waals surface area contributed by atoms with Crippen molar-refractivity contribution in [2.45, 2.75) is 65.3 Å². The Morgan fingerprint density at radius 3 is 2.40 bits per heavy atom. The molecule has 1 aromatic rings. The van der Waals surface area contributed by atoms with E-state index < -0.39 is 0 Å². The minimum Gasteiger partial charge on any atom is -0.314 e. The summed E-state index contributed by atoms with van der Waals surface area (Å²) in [5.41, 5.74) is 1.91. The Morgan fingerprint density at radius 1 is 1.15 bits per heavy atom. The first-order valence-corrected chi connectivity index (χ1v) is 8.24. The lowest BCUT2D eigenvalue weighted by molar-refractivity contribution is 0.137. The third kappa shape index (κ3) is 4.31. The molecular weight excluding hydrogens is 244 g/mol. The van der Waals surface area contributed by atoms with Crippen LogP contribution < -0.4 is 5.32 Å². The Labute approximate surface area is 124 Å². The van der Waals surface area contributed by atoms with Gasteiger partial charge in [0, 0.05) is 18.4 Å². The third-order valence-electron chi connectivity index (χ3n) is 5.34. The summed E-state index contributed by atoms with van der Waals surface area (Å²) in [6.07, 6.45) is 11.7. The SMILES string of the molecule is CCC(C)(C)C1CCC(NCCc2ccncc2)CC1. The van der Waals surface area contributed by atoms with Crippen LogP contribution in [0.25, 0.3) is 0 Å². The fraction of sp³-hybridized carbons (Fsp3) is 0.722. The van der Waals surface area contributed by atoms with Gasteiger partial charge in [-0.2, -0.15) is 0 Å². The fourth-order valence-corrected chi connectivity index (χ4v) is 3.34. The second-order valence-corrected chi connectivity index (χ2v) is 6.95. The van der Waals surface area contributed by atoms with Crippen LogP contribution in [0.1, 0.15) is 58.4 Å². The zero-order valence-electron chi connectivity index (χ0n) is 13.4. The molecule has 0 amide bonds. The molecule has 0 saturated heterocycles. The summed E-state index contributed by atoms with van der Waals surface area (Å²) in [6.45, 7) is 8.30. The molecular formula is C18H30N2. The predicted octanol–water partition coefficient (Wildman–Crippen LogP) is 4.21. The van der Waals surface area contributed by atoms with Crippen LogP contribution in [0.5, 0.6) is 0 Å². The van der Waals surface area contributed by atoms with Crippen LogP contribution in [0.15, 0.2) is 24.5 Å². The van der Waals surface area contributed by atoms with Gasteiger partial charge in [0.25, 0.3) is 0 Å². The summed E-state index contributed by atoms with van der Waals surface area (Å²) in [7, 11) is 0. The largest absolute Gasteiger partial charge is 0.314 e. The average Bonchev–Trinajstić information content (AvgIpc) is 2.49. The van der Waals surface area contributed by atoms with Crippen LogP contribution in [-0.2, 0) is 6.42 Å². The van der Waals surface area contributed by atoms with Crippen LogP contribution in [0.2, 0.25) is 0 Å². The van der Waals surface area contributed by atoms with E-state index in [0.29, 0.717) is 5.41 Å². The van der Waals surface area contributed by atoms with Gasteiger partial charge in [0.05, 0.1) is 0 Å². The van der Waals surface area contributed by atoms with Crippen molar-refractivity contribution in [2.75, 3.05) is 6.54 Å². The van der Waals surface area contributed by atoms with Gasteiger partial charge in [0.2, 0.25) is 0 Å². The van der Waals surface area contributed by atoms with Gasteiger partial charge in [-0.3, -0.25) is 4.98 Å². The minimum atomic E-state index is 0.530. The van der Waals surface area contributed by atoms with Gasteiger partial charge in [0.1, 0.15) is 0 Å². The first-order chi connectivity index (χ1) is 9.62. The van der Waals surface area contributed by atoms with Crippen molar-refractivity contribution >= 4 is 0 Å². The highest BCUT2D eigenvalue weighted by molar-refractivity contribution is 5.09. The summed E-state index contributed by atoms with van der Waals surface area (Å²) in [6, 6.07) is 4.96. The lowest BCUT2D eigenvalue weighted by atomic mass is 9.69. The molecule has 1 saturated carbocycles. The standard InChI is InChI=1S/C18H30N2/c1-4-18(2,3)16-5-7-17(8-6-16)20-14-11-15-9-12-19-13-10-15/h9-10,12-13,16-17,20H,4-8,11,14H2,1-3H3. The first kappa shape index (κ1) is 15.5. The summed E-state index contributed by atoms with van der Waals surface area (Å²) in [4.78, 5) is 4.06. The Morgan fingerprint density at radius 2 is 1.80 bits per heavy atom. The first-order valence-electron chi connectivity index (χ1n) is 8.24. The van der Waals surface area contributed by atoms with E-state index in [1.54, 1.807) is 0 Å². The van der Waals surface area contributed by atoms with E-state index in [1.165, 1.54) is 37.7 Å². The van der Waals surface area contributed by atoms with Crippen LogP contribution in [0.3, 0.4) is 0 Å². The third-order valence-corrected chi connectivity index (χ3v) is 5.34. The molecule has 0 spiro atoms. The monoisotopic (exact) mass is 274 g/mol. The molecule has 1 fully saturated rings. The molecule has 0 radical (unpaired) electrons. The molecule has 1 N–H and O–H groups in total. The lowest BCUT2D eigenvalue weighted by Crippen LogP contribution is -2.37. The second kappa shape index (κ2) is 7.21. The van der Waals surface area contributed by atoms with Crippen LogP contribution in [0, 0.1) is 11.3 Å². The van der Waals surface area contributed by atoms with Crippen LogP contribution >= 0.6 is 0 Å². The van der Waals surface area contributed by atoms with Gasteiger partial charge in [-0.25, -0.2) is 0 Å². The molecule has 2 rings (SSSR count). The van der Waals surface area contributed by atoms with Gasteiger partial charge in [-0.05, 0) is 67.7 Å². The highest BCUT2D eigenvalue weighted by Crippen LogP contribution is 2.40. The Bertz CT molecular complexity index is 378. The van der Waals surface area contributed by atoms with Gasteiger partial charge in [0.15, 0.2) is 0 Å². The number of nitrogens with one attached hydrogen (secondary N) is 1. The number of aromatic nitrogens is 1. The summed E-state index contributed by atoms with van der Waals surface area (Å²) >= 11 is 0. The zero-order chi connectivity index (χ0) is 14.4.